The number of rotatable bonds is 9. The van der Waals surface area contributed by atoms with Gasteiger partial charge in [0, 0.05) is 24.9 Å². The van der Waals surface area contributed by atoms with Crippen LogP contribution in [0, 0.1) is 0 Å². The maximum absolute atomic E-state index is 13.7. The molecule has 0 bridgehead atoms. The molecule has 4 aromatic rings. The third-order valence-corrected chi connectivity index (χ3v) is 8.47. The second-order valence-corrected chi connectivity index (χ2v) is 12.8. The molecule has 0 aromatic heterocycles. The van der Waals surface area contributed by atoms with E-state index < -0.39 is 35.8 Å². The van der Waals surface area contributed by atoms with Gasteiger partial charge in [0.15, 0.2) is 11.5 Å². The quantitative estimate of drug-likeness (QED) is 0.190. The van der Waals surface area contributed by atoms with Crippen molar-refractivity contribution < 1.29 is 38.5 Å². The van der Waals surface area contributed by atoms with Crippen molar-refractivity contribution in [2.45, 2.75) is 44.3 Å². The zero-order chi connectivity index (χ0) is 37.0. The Morgan fingerprint density at radius 1 is 0.981 bits per heavy atom. The van der Waals surface area contributed by atoms with E-state index in [2.05, 4.69) is 16.0 Å². The summed E-state index contributed by atoms with van der Waals surface area (Å²) in [5.74, 6) is -0.109. The standard InChI is InChI=1S/C39H41ClN4O8/c1-25(24-51-34-12-5-6-13-35(34)52-29-9-7-8-27(40)23-29)41-38(48)31-18-19-36(46)42-32(22-26-14-16-28(45)17-15-26)39(49)44(2)20-21-50-33-11-4-3-10-30(33)37(47)43-31/h3-17,23,25,31-32,45H,18-22,24H2,1-2H3,(H,41,48)(H,42,46)(H,43,47)/t25-,31+,32+/m1/s1. The van der Waals surface area contributed by atoms with Gasteiger partial charge < -0.3 is 40.2 Å². The third-order valence-electron chi connectivity index (χ3n) is 8.23. The number of halogens is 1. The highest BCUT2D eigenvalue weighted by atomic mass is 35.5. The molecule has 3 atom stereocenters. The lowest BCUT2D eigenvalue weighted by atomic mass is 10.0. The van der Waals surface area contributed by atoms with Gasteiger partial charge in [-0.15, -0.1) is 0 Å². The normalized spacial score (nSPS) is 17.6. The molecule has 0 aliphatic carbocycles. The van der Waals surface area contributed by atoms with Crippen LogP contribution >= 0.6 is 11.6 Å². The number of ether oxygens (including phenoxy) is 3. The number of amides is 4. The first kappa shape index (κ1) is 37.5. The predicted octanol–water partition coefficient (Wildman–Crippen LogP) is 4.88. The molecule has 4 N–H and O–H groups in total. The van der Waals surface area contributed by atoms with Crippen molar-refractivity contribution in [2.24, 2.45) is 0 Å². The Morgan fingerprint density at radius 3 is 2.48 bits per heavy atom. The second kappa shape index (κ2) is 18.0. The van der Waals surface area contributed by atoms with E-state index in [1.807, 2.05) is 0 Å². The van der Waals surface area contributed by atoms with Crippen molar-refractivity contribution in [3.8, 4) is 28.7 Å². The van der Waals surface area contributed by atoms with Crippen molar-refractivity contribution in [1.82, 2.24) is 20.9 Å². The first-order valence-corrected chi connectivity index (χ1v) is 17.2. The van der Waals surface area contributed by atoms with Gasteiger partial charge in [-0.1, -0.05) is 54.1 Å². The molecule has 5 rings (SSSR count). The van der Waals surface area contributed by atoms with Crippen LogP contribution in [0.25, 0.3) is 0 Å². The summed E-state index contributed by atoms with van der Waals surface area (Å²) < 4.78 is 17.9. The predicted molar refractivity (Wildman–Crippen MR) is 195 cm³/mol. The topological polar surface area (TPSA) is 156 Å². The maximum atomic E-state index is 13.7. The average Bonchev–Trinajstić information content (AvgIpc) is 3.13. The number of phenolic OH excluding ortho intramolecular Hbond substituents is 1. The molecule has 1 aliphatic rings. The van der Waals surface area contributed by atoms with E-state index in [-0.39, 0.29) is 62.0 Å². The zero-order valence-corrected chi connectivity index (χ0v) is 29.6. The Hall–Kier alpha value is -5.75. The Bertz CT molecular complexity index is 1870. The number of carbonyl (C=O) groups excluding carboxylic acids is 4. The smallest absolute Gasteiger partial charge is 0.255 e. The third kappa shape index (κ3) is 10.6. The molecule has 12 nitrogen and oxygen atoms in total. The van der Waals surface area contributed by atoms with E-state index in [9.17, 15) is 24.3 Å². The number of benzene rings is 4. The number of carbonyl (C=O) groups is 4. The van der Waals surface area contributed by atoms with E-state index in [4.69, 9.17) is 25.8 Å². The first-order chi connectivity index (χ1) is 25.0. The minimum absolute atomic E-state index is 0.0632. The van der Waals surface area contributed by atoms with E-state index in [0.717, 1.165) is 5.56 Å². The molecule has 13 heteroatoms. The van der Waals surface area contributed by atoms with Crippen molar-refractivity contribution in [3.63, 3.8) is 0 Å². The monoisotopic (exact) mass is 728 g/mol. The second-order valence-electron chi connectivity index (χ2n) is 12.4. The molecule has 0 unspecified atom stereocenters. The minimum atomic E-state index is -1.12. The number of hydrogen-bond acceptors (Lipinski definition) is 8. The largest absolute Gasteiger partial charge is 0.508 e. The Kier molecular flexibility index (Phi) is 12.9. The van der Waals surface area contributed by atoms with Crippen molar-refractivity contribution in [1.29, 1.82) is 0 Å². The Balaban J connectivity index is 1.29. The number of para-hydroxylation sites is 3. The molecular weight excluding hydrogens is 688 g/mol. The molecule has 1 heterocycles. The summed E-state index contributed by atoms with van der Waals surface area (Å²) in [4.78, 5) is 55.5. The first-order valence-electron chi connectivity index (χ1n) is 16.9. The molecule has 52 heavy (non-hydrogen) atoms. The number of phenols is 1. The number of hydrogen-bond donors (Lipinski definition) is 4. The fraction of sp³-hybridized carbons (Fsp3) is 0.282. The highest BCUT2D eigenvalue weighted by Gasteiger charge is 2.29. The molecule has 0 saturated carbocycles. The van der Waals surface area contributed by atoms with E-state index in [1.165, 1.54) is 17.0 Å². The van der Waals surface area contributed by atoms with Crippen LogP contribution in [0.5, 0.6) is 28.7 Å². The number of fused-ring (bicyclic) bond motifs is 1. The van der Waals surface area contributed by atoms with Gasteiger partial charge in [-0.3, -0.25) is 19.2 Å². The fourth-order valence-corrected chi connectivity index (χ4v) is 5.65. The molecule has 0 fully saturated rings. The Labute approximate surface area is 307 Å². The Morgan fingerprint density at radius 2 is 1.71 bits per heavy atom. The highest BCUT2D eigenvalue weighted by molar-refractivity contribution is 6.30. The maximum Gasteiger partial charge on any atom is 0.255 e. The fourth-order valence-electron chi connectivity index (χ4n) is 5.47. The summed E-state index contributed by atoms with van der Waals surface area (Å²) in [5.41, 5.74) is 0.929. The highest BCUT2D eigenvalue weighted by Crippen LogP contribution is 2.32. The molecule has 4 aromatic carbocycles. The van der Waals surface area contributed by atoms with Crippen LogP contribution in [0.2, 0.25) is 5.02 Å². The number of aromatic hydroxyl groups is 1. The number of nitrogens with zero attached hydrogens (tertiary/aromatic N) is 1. The van der Waals surface area contributed by atoms with Crippen LogP contribution in [-0.2, 0) is 20.8 Å². The van der Waals surface area contributed by atoms with Crippen molar-refractivity contribution >= 4 is 35.2 Å². The summed E-state index contributed by atoms with van der Waals surface area (Å²) in [6.45, 7) is 2.06. The van der Waals surface area contributed by atoms with E-state index in [0.29, 0.717) is 22.3 Å². The molecule has 272 valence electrons. The minimum Gasteiger partial charge on any atom is -0.508 e. The van der Waals surface area contributed by atoms with Gasteiger partial charge in [0.1, 0.15) is 42.5 Å². The lowest BCUT2D eigenvalue weighted by molar-refractivity contribution is -0.135. The van der Waals surface area contributed by atoms with Gasteiger partial charge in [0.2, 0.25) is 17.7 Å². The van der Waals surface area contributed by atoms with E-state index in [1.54, 1.807) is 98.9 Å². The molecule has 1 aliphatic heterocycles. The molecule has 0 radical (unpaired) electrons. The van der Waals surface area contributed by atoms with E-state index >= 15 is 0 Å². The zero-order valence-electron chi connectivity index (χ0n) is 28.8. The van der Waals surface area contributed by atoms with Gasteiger partial charge in [-0.2, -0.15) is 0 Å². The van der Waals surface area contributed by atoms with Gasteiger partial charge in [0.25, 0.3) is 5.91 Å². The van der Waals surface area contributed by atoms with Crippen LogP contribution in [-0.4, -0.2) is 78.6 Å². The molecule has 0 saturated heterocycles. The molecular formula is C39H41ClN4O8. The molecule has 4 amide bonds. The van der Waals surface area contributed by atoms with Gasteiger partial charge >= 0.3 is 0 Å². The number of likely N-dealkylation sites (N-methyl/N-ethyl adjacent to an activating group) is 1. The summed E-state index contributed by atoms with van der Waals surface area (Å²) in [6.07, 6.45) is -0.0602. The lowest BCUT2D eigenvalue weighted by Crippen LogP contribution is -2.51. The van der Waals surface area contributed by atoms with Crippen LogP contribution < -0.4 is 30.2 Å². The summed E-state index contributed by atoms with van der Waals surface area (Å²) in [7, 11) is 1.61. The average molecular weight is 729 g/mol. The van der Waals surface area contributed by atoms with Crippen LogP contribution in [0.3, 0.4) is 0 Å². The van der Waals surface area contributed by atoms with Crippen molar-refractivity contribution in [3.05, 3.63) is 113 Å². The van der Waals surface area contributed by atoms with Gasteiger partial charge in [0.05, 0.1) is 18.2 Å². The molecule has 0 spiro atoms. The van der Waals surface area contributed by atoms with Crippen LogP contribution in [0.15, 0.2) is 97.1 Å². The summed E-state index contributed by atoms with van der Waals surface area (Å²) in [6, 6.07) is 24.5. The van der Waals surface area contributed by atoms with Crippen LogP contribution in [0.4, 0.5) is 0 Å². The number of nitrogens with one attached hydrogen (secondary N) is 3. The van der Waals surface area contributed by atoms with Gasteiger partial charge in [-0.05, 0) is 73.5 Å². The lowest BCUT2D eigenvalue weighted by Gasteiger charge is -2.25. The van der Waals surface area contributed by atoms with Gasteiger partial charge in [-0.25, -0.2) is 0 Å². The van der Waals surface area contributed by atoms with Crippen molar-refractivity contribution in [2.75, 3.05) is 26.8 Å². The summed E-state index contributed by atoms with van der Waals surface area (Å²) in [5, 5.41) is 18.7. The SMILES string of the molecule is C[C@H](COc1ccccc1Oc1cccc(Cl)c1)NC(=O)[C@@H]1CCC(=O)N[C@@H](Cc2ccc(O)cc2)C(=O)N(C)CCOc2ccccc2C(=O)N1. The summed E-state index contributed by atoms with van der Waals surface area (Å²) >= 11 is 6.10. The van der Waals surface area contributed by atoms with Crippen LogP contribution in [0.1, 0.15) is 35.7 Å².